The van der Waals surface area contributed by atoms with E-state index in [1.165, 1.54) is 18.4 Å². The number of hydrogen-bond acceptors (Lipinski definition) is 4. The highest BCUT2D eigenvalue weighted by Gasteiger charge is 2.15. The first kappa shape index (κ1) is 20.2. The SMILES string of the molecule is COc1ccc(OCCNC(=O)c2ccc(CN3CCC(C)CC3)cc2)cc1. The Hall–Kier alpha value is -2.53. The van der Waals surface area contributed by atoms with Crippen molar-refractivity contribution in [2.75, 3.05) is 33.4 Å². The van der Waals surface area contributed by atoms with Crippen molar-refractivity contribution in [2.45, 2.75) is 26.3 Å². The Kier molecular flexibility index (Phi) is 7.31. The lowest BCUT2D eigenvalue weighted by Crippen LogP contribution is -2.32. The van der Waals surface area contributed by atoms with Crippen LogP contribution in [0.3, 0.4) is 0 Å². The number of nitrogens with zero attached hydrogens (tertiary/aromatic N) is 1. The molecule has 5 heteroatoms. The predicted octanol–water partition coefficient (Wildman–Crippen LogP) is 3.74. The molecule has 0 radical (unpaired) electrons. The molecule has 2 aromatic rings. The maximum Gasteiger partial charge on any atom is 0.251 e. The Morgan fingerprint density at radius 1 is 1.04 bits per heavy atom. The van der Waals surface area contributed by atoms with Gasteiger partial charge in [0.1, 0.15) is 18.1 Å². The molecule has 1 amide bonds. The normalized spacial score (nSPS) is 15.2. The summed E-state index contributed by atoms with van der Waals surface area (Å²) in [6.45, 7) is 6.49. The van der Waals surface area contributed by atoms with E-state index in [1.807, 2.05) is 36.4 Å². The lowest BCUT2D eigenvalue weighted by molar-refractivity contribution is 0.0947. The molecule has 150 valence electrons. The number of rotatable bonds is 8. The summed E-state index contributed by atoms with van der Waals surface area (Å²) in [5.41, 5.74) is 1.94. The topological polar surface area (TPSA) is 50.8 Å². The number of benzene rings is 2. The van der Waals surface area contributed by atoms with Gasteiger partial charge >= 0.3 is 0 Å². The maximum absolute atomic E-state index is 12.3. The van der Waals surface area contributed by atoms with E-state index in [1.54, 1.807) is 7.11 Å². The Morgan fingerprint density at radius 3 is 2.32 bits per heavy atom. The van der Waals surface area contributed by atoms with Crippen molar-refractivity contribution in [3.63, 3.8) is 0 Å². The van der Waals surface area contributed by atoms with Crippen LogP contribution in [-0.4, -0.2) is 44.2 Å². The molecule has 0 saturated carbocycles. The van der Waals surface area contributed by atoms with Gasteiger partial charge in [0.05, 0.1) is 13.7 Å². The zero-order chi connectivity index (χ0) is 19.8. The largest absolute Gasteiger partial charge is 0.497 e. The molecular weight excluding hydrogens is 352 g/mol. The standard InChI is InChI=1S/C23H30N2O3/c1-18-11-14-25(15-12-18)17-19-3-5-20(6-4-19)23(26)24-13-16-28-22-9-7-21(27-2)8-10-22/h3-10,18H,11-17H2,1-2H3,(H,24,26). The number of hydrogen-bond donors (Lipinski definition) is 1. The van der Waals surface area contributed by atoms with Gasteiger partial charge in [-0.25, -0.2) is 0 Å². The summed E-state index contributed by atoms with van der Waals surface area (Å²) in [7, 11) is 1.63. The zero-order valence-corrected chi connectivity index (χ0v) is 16.8. The number of amides is 1. The third-order valence-electron chi connectivity index (χ3n) is 5.21. The highest BCUT2D eigenvalue weighted by Crippen LogP contribution is 2.18. The number of piperidine rings is 1. The third kappa shape index (κ3) is 5.99. The van der Waals surface area contributed by atoms with Crippen LogP contribution in [0, 0.1) is 5.92 Å². The summed E-state index contributed by atoms with van der Waals surface area (Å²) in [5.74, 6) is 2.32. The maximum atomic E-state index is 12.3. The minimum absolute atomic E-state index is 0.0725. The van der Waals surface area contributed by atoms with Crippen LogP contribution in [0.25, 0.3) is 0 Å². The quantitative estimate of drug-likeness (QED) is 0.707. The fraction of sp³-hybridized carbons (Fsp3) is 0.435. The van der Waals surface area contributed by atoms with E-state index in [2.05, 4.69) is 29.3 Å². The van der Waals surface area contributed by atoms with Crippen molar-refractivity contribution < 1.29 is 14.3 Å². The Labute approximate surface area is 167 Å². The minimum atomic E-state index is -0.0725. The summed E-state index contributed by atoms with van der Waals surface area (Å²) in [6.07, 6.45) is 2.55. The van der Waals surface area contributed by atoms with Crippen molar-refractivity contribution in [3.8, 4) is 11.5 Å². The van der Waals surface area contributed by atoms with Crippen LogP contribution in [0.2, 0.25) is 0 Å². The average Bonchev–Trinajstić information content (AvgIpc) is 2.73. The van der Waals surface area contributed by atoms with E-state index in [9.17, 15) is 4.79 Å². The second-order valence-corrected chi connectivity index (χ2v) is 7.44. The first-order valence-corrected chi connectivity index (χ1v) is 10.0. The van der Waals surface area contributed by atoms with E-state index in [0.29, 0.717) is 18.7 Å². The Balaban J connectivity index is 1.39. The molecule has 0 spiro atoms. The number of carbonyl (C=O) groups is 1. The van der Waals surface area contributed by atoms with Gasteiger partial charge in [-0.3, -0.25) is 9.69 Å². The highest BCUT2D eigenvalue weighted by molar-refractivity contribution is 5.94. The zero-order valence-electron chi connectivity index (χ0n) is 16.8. The summed E-state index contributed by atoms with van der Waals surface area (Å²) in [6, 6.07) is 15.3. The molecule has 0 aliphatic carbocycles. The number of likely N-dealkylation sites (tertiary alicyclic amines) is 1. The monoisotopic (exact) mass is 382 g/mol. The minimum Gasteiger partial charge on any atom is -0.497 e. The van der Waals surface area contributed by atoms with Crippen molar-refractivity contribution >= 4 is 5.91 Å². The van der Waals surface area contributed by atoms with Gasteiger partial charge in [-0.1, -0.05) is 19.1 Å². The molecule has 28 heavy (non-hydrogen) atoms. The van der Waals surface area contributed by atoms with Crippen molar-refractivity contribution in [1.29, 1.82) is 0 Å². The van der Waals surface area contributed by atoms with Gasteiger partial charge < -0.3 is 14.8 Å². The number of nitrogens with one attached hydrogen (secondary N) is 1. The molecule has 3 rings (SSSR count). The van der Waals surface area contributed by atoms with Crippen LogP contribution in [0.1, 0.15) is 35.7 Å². The fourth-order valence-electron chi connectivity index (χ4n) is 3.35. The Bertz CT molecular complexity index is 735. The van der Waals surface area contributed by atoms with Crippen molar-refractivity contribution in [3.05, 3.63) is 59.7 Å². The fourth-order valence-corrected chi connectivity index (χ4v) is 3.35. The van der Waals surface area contributed by atoms with Crippen molar-refractivity contribution in [2.24, 2.45) is 5.92 Å². The molecule has 1 fully saturated rings. The molecule has 1 N–H and O–H groups in total. The Morgan fingerprint density at radius 2 is 1.68 bits per heavy atom. The molecule has 1 heterocycles. The second kappa shape index (κ2) is 10.1. The summed E-state index contributed by atoms with van der Waals surface area (Å²) in [5, 5.41) is 2.90. The molecule has 2 aromatic carbocycles. The van der Waals surface area contributed by atoms with Gasteiger partial charge in [0.25, 0.3) is 5.91 Å². The molecule has 1 aliphatic heterocycles. The van der Waals surface area contributed by atoms with E-state index < -0.39 is 0 Å². The van der Waals surface area contributed by atoms with Crippen LogP contribution >= 0.6 is 0 Å². The summed E-state index contributed by atoms with van der Waals surface area (Å²) >= 11 is 0. The van der Waals surface area contributed by atoms with Gasteiger partial charge in [-0.05, 0) is 73.8 Å². The summed E-state index contributed by atoms with van der Waals surface area (Å²) < 4.78 is 10.7. The smallest absolute Gasteiger partial charge is 0.251 e. The third-order valence-corrected chi connectivity index (χ3v) is 5.21. The van der Waals surface area contributed by atoms with Crippen LogP contribution in [0.15, 0.2) is 48.5 Å². The molecular formula is C23H30N2O3. The van der Waals surface area contributed by atoms with Crippen molar-refractivity contribution in [1.82, 2.24) is 10.2 Å². The number of methoxy groups -OCH3 is 1. The van der Waals surface area contributed by atoms with E-state index in [4.69, 9.17) is 9.47 Å². The molecule has 0 atom stereocenters. The predicted molar refractivity (Wildman–Crippen MR) is 111 cm³/mol. The average molecular weight is 383 g/mol. The summed E-state index contributed by atoms with van der Waals surface area (Å²) in [4.78, 5) is 14.8. The van der Waals surface area contributed by atoms with E-state index >= 15 is 0 Å². The van der Waals surface area contributed by atoms with Crippen LogP contribution < -0.4 is 14.8 Å². The van der Waals surface area contributed by atoms with Gasteiger partial charge in [-0.15, -0.1) is 0 Å². The lowest BCUT2D eigenvalue weighted by Gasteiger charge is -2.30. The van der Waals surface area contributed by atoms with Gasteiger partial charge in [0.2, 0.25) is 0 Å². The first-order chi connectivity index (χ1) is 13.6. The molecule has 0 bridgehead atoms. The number of carbonyl (C=O) groups excluding carboxylic acids is 1. The lowest BCUT2D eigenvalue weighted by atomic mass is 9.99. The second-order valence-electron chi connectivity index (χ2n) is 7.44. The first-order valence-electron chi connectivity index (χ1n) is 10.0. The van der Waals surface area contributed by atoms with Crippen LogP contribution in [-0.2, 0) is 6.54 Å². The van der Waals surface area contributed by atoms with Gasteiger partial charge in [0.15, 0.2) is 0 Å². The van der Waals surface area contributed by atoms with Crippen LogP contribution in [0.4, 0.5) is 0 Å². The number of ether oxygens (including phenoxy) is 2. The molecule has 0 unspecified atom stereocenters. The van der Waals surface area contributed by atoms with Gasteiger partial charge in [0, 0.05) is 12.1 Å². The molecule has 0 aromatic heterocycles. The van der Waals surface area contributed by atoms with E-state index in [0.717, 1.165) is 37.1 Å². The van der Waals surface area contributed by atoms with E-state index in [-0.39, 0.29) is 5.91 Å². The molecule has 1 aliphatic rings. The molecule has 1 saturated heterocycles. The highest BCUT2D eigenvalue weighted by atomic mass is 16.5. The molecule has 5 nitrogen and oxygen atoms in total. The van der Waals surface area contributed by atoms with Gasteiger partial charge in [-0.2, -0.15) is 0 Å². The van der Waals surface area contributed by atoms with Crippen LogP contribution in [0.5, 0.6) is 11.5 Å².